The minimum atomic E-state index is -3.40. The normalized spacial score (nSPS) is 21.3. The highest BCUT2D eigenvalue weighted by Crippen LogP contribution is 2.20. The van der Waals surface area contributed by atoms with Crippen LogP contribution in [0.3, 0.4) is 0 Å². The molecule has 1 saturated heterocycles. The molecule has 5 nitrogen and oxygen atoms in total. The summed E-state index contributed by atoms with van der Waals surface area (Å²) in [4.78, 5) is 2.36. The zero-order valence-electron chi connectivity index (χ0n) is 12.2. The molecule has 0 bridgehead atoms. The van der Waals surface area contributed by atoms with E-state index in [1.165, 1.54) is 4.31 Å². The van der Waals surface area contributed by atoms with E-state index >= 15 is 0 Å². The lowest BCUT2D eigenvalue weighted by Gasteiger charge is -2.42. The van der Waals surface area contributed by atoms with Gasteiger partial charge in [-0.3, -0.25) is 4.90 Å². The van der Waals surface area contributed by atoms with Crippen molar-refractivity contribution >= 4 is 27.2 Å². The van der Waals surface area contributed by atoms with Gasteiger partial charge in [0.2, 0.25) is 10.0 Å². The molecule has 0 amide bonds. The summed E-state index contributed by atoms with van der Waals surface area (Å²) in [5.74, 6) is 0. The topological polar surface area (TPSA) is 66.6 Å². The average molecular weight is 307 g/mol. The summed E-state index contributed by atoms with van der Waals surface area (Å²) in [7, 11) is -3.40. The van der Waals surface area contributed by atoms with Gasteiger partial charge in [0, 0.05) is 31.7 Å². The molecule has 2 N–H and O–H groups in total. The van der Waals surface area contributed by atoms with Crippen LogP contribution in [0.25, 0.3) is 0 Å². The maximum absolute atomic E-state index is 12.5. The number of thiocarbonyl (C=S) groups is 1. The predicted molar refractivity (Wildman–Crippen MR) is 82.7 cm³/mol. The molecule has 19 heavy (non-hydrogen) atoms. The van der Waals surface area contributed by atoms with Crippen molar-refractivity contribution in [2.24, 2.45) is 5.73 Å². The third-order valence-corrected chi connectivity index (χ3v) is 6.42. The van der Waals surface area contributed by atoms with Gasteiger partial charge in [0.25, 0.3) is 0 Å². The number of rotatable bonds is 4. The Bertz CT molecular complexity index is 421. The highest BCUT2D eigenvalue weighted by atomic mass is 32.2. The Hall–Kier alpha value is -0.240. The molecule has 1 fully saturated rings. The second-order valence-electron chi connectivity index (χ2n) is 5.90. The first-order valence-electron chi connectivity index (χ1n) is 6.64. The van der Waals surface area contributed by atoms with E-state index in [1.807, 2.05) is 0 Å². The number of nitrogens with zero attached hydrogens (tertiary/aromatic N) is 2. The van der Waals surface area contributed by atoms with Crippen LogP contribution in [-0.4, -0.2) is 59.6 Å². The molecule has 0 aromatic rings. The smallest absolute Gasteiger partial charge is 0.223 e. The fraction of sp³-hybridized carbons (Fsp3) is 0.917. The average Bonchev–Trinajstić information content (AvgIpc) is 2.28. The zero-order chi connectivity index (χ0) is 14.8. The maximum Gasteiger partial charge on any atom is 0.223 e. The van der Waals surface area contributed by atoms with Gasteiger partial charge in [0.15, 0.2) is 0 Å². The van der Waals surface area contributed by atoms with Gasteiger partial charge in [-0.1, -0.05) is 19.1 Å². The molecule has 0 spiro atoms. The van der Waals surface area contributed by atoms with Crippen LogP contribution in [0.15, 0.2) is 0 Å². The lowest BCUT2D eigenvalue weighted by Crippen LogP contribution is -2.56. The first kappa shape index (κ1) is 16.8. The Morgan fingerprint density at radius 1 is 1.26 bits per heavy atom. The largest absolute Gasteiger partial charge is 0.392 e. The Kier molecular flexibility index (Phi) is 5.34. The molecule has 0 aliphatic carbocycles. The van der Waals surface area contributed by atoms with Gasteiger partial charge < -0.3 is 5.73 Å². The summed E-state index contributed by atoms with van der Waals surface area (Å²) in [6.45, 7) is 10.7. The van der Waals surface area contributed by atoms with Crippen LogP contribution in [-0.2, 0) is 10.0 Å². The van der Waals surface area contributed by atoms with Crippen LogP contribution in [0.4, 0.5) is 0 Å². The van der Waals surface area contributed by atoms with Crippen LogP contribution >= 0.6 is 12.2 Å². The molecule has 1 rings (SSSR count). The minimum absolute atomic E-state index is 0.0701. The molecular weight excluding hydrogens is 282 g/mol. The molecule has 1 aliphatic heterocycles. The van der Waals surface area contributed by atoms with Gasteiger partial charge in [-0.05, 0) is 27.2 Å². The third-order valence-electron chi connectivity index (χ3n) is 3.59. The lowest BCUT2D eigenvalue weighted by atomic mass is 10.1. The predicted octanol–water partition coefficient (Wildman–Crippen LogP) is 0.797. The Morgan fingerprint density at radius 3 is 2.05 bits per heavy atom. The van der Waals surface area contributed by atoms with Crippen LogP contribution in [0.1, 0.15) is 34.1 Å². The second-order valence-corrected chi connectivity index (χ2v) is 8.49. The molecule has 0 aromatic carbocycles. The summed E-state index contributed by atoms with van der Waals surface area (Å²) in [5, 5.41) is -0.733. The number of piperazine rings is 1. The molecule has 1 atom stereocenters. The van der Waals surface area contributed by atoms with Crippen LogP contribution in [0, 0.1) is 0 Å². The fourth-order valence-corrected chi connectivity index (χ4v) is 4.63. The van der Waals surface area contributed by atoms with Gasteiger partial charge in [0.1, 0.15) is 5.25 Å². The van der Waals surface area contributed by atoms with Crippen LogP contribution in [0.2, 0.25) is 0 Å². The first-order chi connectivity index (χ1) is 8.60. The molecule has 0 radical (unpaired) electrons. The van der Waals surface area contributed by atoms with E-state index in [-0.39, 0.29) is 10.5 Å². The van der Waals surface area contributed by atoms with Gasteiger partial charge in [0.05, 0.1) is 4.99 Å². The Morgan fingerprint density at radius 2 is 1.74 bits per heavy atom. The van der Waals surface area contributed by atoms with E-state index in [1.54, 1.807) is 6.92 Å². The van der Waals surface area contributed by atoms with Crippen molar-refractivity contribution in [3.63, 3.8) is 0 Å². The maximum atomic E-state index is 12.5. The summed E-state index contributed by atoms with van der Waals surface area (Å²) in [6, 6.07) is 0. The van der Waals surface area contributed by atoms with Crippen molar-refractivity contribution in [2.75, 3.05) is 26.2 Å². The van der Waals surface area contributed by atoms with E-state index in [2.05, 4.69) is 25.7 Å². The summed E-state index contributed by atoms with van der Waals surface area (Å²) < 4.78 is 26.4. The number of hydrogen-bond donors (Lipinski definition) is 1. The summed E-state index contributed by atoms with van der Waals surface area (Å²) in [5.41, 5.74) is 5.62. The molecule has 1 heterocycles. The first-order valence-corrected chi connectivity index (χ1v) is 8.55. The van der Waals surface area contributed by atoms with E-state index < -0.39 is 15.3 Å². The number of hydrogen-bond acceptors (Lipinski definition) is 4. The van der Waals surface area contributed by atoms with Crippen molar-refractivity contribution < 1.29 is 8.42 Å². The van der Waals surface area contributed by atoms with Crippen LogP contribution in [0.5, 0.6) is 0 Å². The van der Waals surface area contributed by atoms with Crippen LogP contribution < -0.4 is 5.73 Å². The Labute approximate surface area is 122 Å². The second kappa shape index (κ2) is 6.03. The third kappa shape index (κ3) is 3.87. The van der Waals surface area contributed by atoms with Crippen molar-refractivity contribution in [1.82, 2.24) is 9.21 Å². The summed E-state index contributed by atoms with van der Waals surface area (Å²) >= 11 is 4.88. The van der Waals surface area contributed by atoms with E-state index in [0.29, 0.717) is 19.5 Å². The van der Waals surface area contributed by atoms with Gasteiger partial charge in [-0.25, -0.2) is 8.42 Å². The van der Waals surface area contributed by atoms with E-state index in [0.717, 1.165) is 13.1 Å². The number of nitrogens with two attached hydrogens (primary N) is 1. The molecule has 112 valence electrons. The molecule has 7 heteroatoms. The van der Waals surface area contributed by atoms with Crippen molar-refractivity contribution in [3.05, 3.63) is 0 Å². The monoisotopic (exact) mass is 307 g/mol. The molecule has 1 aliphatic rings. The van der Waals surface area contributed by atoms with E-state index in [4.69, 9.17) is 18.0 Å². The fourth-order valence-electron chi connectivity index (χ4n) is 2.35. The number of sulfonamides is 1. The molecular formula is C12H25N3O2S2. The molecule has 0 saturated carbocycles. The van der Waals surface area contributed by atoms with Crippen molar-refractivity contribution in [2.45, 2.75) is 44.9 Å². The van der Waals surface area contributed by atoms with Crippen molar-refractivity contribution in [3.8, 4) is 0 Å². The van der Waals surface area contributed by atoms with Gasteiger partial charge in [-0.15, -0.1) is 0 Å². The lowest BCUT2D eigenvalue weighted by molar-refractivity contribution is 0.0920. The molecule has 1 unspecified atom stereocenters. The van der Waals surface area contributed by atoms with E-state index in [9.17, 15) is 8.42 Å². The minimum Gasteiger partial charge on any atom is -0.392 e. The summed E-state index contributed by atoms with van der Waals surface area (Å²) in [6.07, 6.45) is 0.428. The van der Waals surface area contributed by atoms with Crippen molar-refractivity contribution in [1.29, 1.82) is 0 Å². The molecule has 0 aromatic heterocycles. The van der Waals surface area contributed by atoms with Gasteiger partial charge in [-0.2, -0.15) is 4.31 Å². The highest BCUT2D eigenvalue weighted by molar-refractivity contribution is 7.92. The zero-order valence-corrected chi connectivity index (χ0v) is 13.9. The standard InChI is InChI=1S/C12H25N3O2S2/c1-5-10(11(13)18)19(16,17)15-8-6-14(7-9-15)12(2,3)4/h10H,5-9H2,1-4H3,(H2,13,18). The SMILES string of the molecule is CCC(C(N)=S)S(=O)(=O)N1CCN(C(C)(C)C)CC1. The van der Waals surface area contributed by atoms with Gasteiger partial charge >= 0.3 is 0 Å². The Balaban J connectivity index is 2.77. The highest BCUT2D eigenvalue weighted by Gasteiger charge is 2.36. The quantitative estimate of drug-likeness (QED) is 0.778.